The summed E-state index contributed by atoms with van der Waals surface area (Å²) in [5.74, 6) is -0.409. The van der Waals surface area contributed by atoms with E-state index < -0.39 is 11.8 Å². The van der Waals surface area contributed by atoms with Crippen LogP contribution in [0.3, 0.4) is 0 Å². The molecule has 0 N–H and O–H groups in total. The number of esters is 2. The van der Waals surface area contributed by atoms with Crippen molar-refractivity contribution in [3.8, 4) is 0 Å². The summed E-state index contributed by atoms with van der Waals surface area (Å²) in [5.41, 5.74) is 0. The van der Waals surface area contributed by atoms with Gasteiger partial charge in [-0.25, -0.2) is 0 Å². The maximum atomic E-state index is 12.1. The largest absolute Gasteiger partial charge is 0.465 e. The highest BCUT2D eigenvalue weighted by atomic mass is 35.5. The monoisotopic (exact) mass is 350 g/mol. The van der Waals surface area contributed by atoms with Crippen molar-refractivity contribution in [2.75, 3.05) is 25.0 Å². The molecule has 0 radical (unpaired) electrons. The smallest absolute Gasteiger partial charge is 0.310 e. The Labute approximate surface area is 142 Å². The predicted octanol–water partition coefficient (Wildman–Crippen LogP) is 3.69. The van der Waals surface area contributed by atoms with Gasteiger partial charge in [0.15, 0.2) is 0 Å². The van der Waals surface area contributed by atoms with E-state index >= 15 is 0 Å². The van der Waals surface area contributed by atoms with Crippen LogP contribution in [0.5, 0.6) is 0 Å². The topological polar surface area (TPSA) is 52.6 Å². The molecule has 0 saturated carbocycles. The van der Waals surface area contributed by atoms with Crippen LogP contribution in [0.15, 0.2) is 12.2 Å². The van der Waals surface area contributed by atoms with Crippen LogP contribution in [0, 0.1) is 11.8 Å². The number of halogens is 2. The Balaban J connectivity index is 2.43. The molecule has 0 amide bonds. The Bertz CT molecular complexity index is 337. The Morgan fingerprint density at radius 2 is 1.23 bits per heavy atom. The number of carbonyl (C=O) groups is 2. The van der Waals surface area contributed by atoms with Crippen LogP contribution in [0.4, 0.5) is 0 Å². The molecule has 0 heterocycles. The van der Waals surface area contributed by atoms with Gasteiger partial charge in [-0.2, -0.15) is 0 Å². The Morgan fingerprint density at radius 3 is 1.59 bits per heavy atom. The maximum Gasteiger partial charge on any atom is 0.310 e. The van der Waals surface area contributed by atoms with Crippen molar-refractivity contribution in [1.29, 1.82) is 0 Å². The normalized spacial score (nSPS) is 20.6. The number of allylic oxidation sites excluding steroid dienone is 2. The fourth-order valence-electron chi connectivity index (χ4n) is 2.29. The van der Waals surface area contributed by atoms with Gasteiger partial charge in [0, 0.05) is 11.8 Å². The number of ether oxygens (including phenoxy) is 2. The van der Waals surface area contributed by atoms with Crippen molar-refractivity contribution < 1.29 is 19.1 Å². The van der Waals surface area contributed by atoms with Crippen LogP contribution in [0.2, 0.25) is 0 Å². The molecule has 0 aromatic carbocycles. The van der Waals surface area contributed by atoms with Crippen molar-refractivity contribution >= 4 is 35.1 Å². The molecule has 0 saturated heterocycles. The maximum absolute atomic E-state index is 12.1. The van der Waals surface area contributed by atoms with E-state index in [9.17, 15) is 9.59 Å². The lowest BCUT2D eigenvalue weighted by molar-refractivity contribution is -0.161. The molecular weight excluding hydrogens is 327 g/mol. The highest BCUT2D eigenvalue weighted by molar-refractivity contribution is 6.18. The molecule has 0 aromatic heterocycles. The first kappa shape index (κ1) is 19.3. The van der Waals surface area contributed by atoms with Crippen molar-refractivity contribution in [2.24, 2.45) is 11.8 Å². The summed E-state index contributed by atoms with van der Waals surface area (Å²) >= 11 is 11.2. The molecule has 1 aliphatic rings. The number of hydrogen-bond acceptors (Lipinski definition) is 4. The van der Waals surface area contributed by atoms with E-state index in [1.54, 1.807) is 0 Å². The number of carbonyl (C=O) groups excluding carboxylic acids is 2. The average molecular weight is 351 g/mol. The molecular formula is C16H24Cl2O4. The lowest BCUT2D eigenvalue weighted by atomic mass is 9.83. The van der Waals surface area contributed by atoms with Gasteiger partial charge in [0.2, 0.25) is 0 Å². The first-order valence-electron chi connectivity index (χ1n) is 7.81. The Morgan fingerprint density at radius 1 is 0.818 bits per heavy atom. The molecule has 0 spiro atoms. The van der Waals surface area contributed by atoms with Gasteiger partial charge in [-0.15, -0.1) is 23.2 Å². The summed E-state index contributed by atoms with van der Waals surface area (Å²) in [7, 11) is 0. The van der Waals surface area contributed by atoms with Crippen LogP contribution in [-0.2, 0) is 19.1 Å². The second-order valence-electron chi connectivity index (χ2n) is 5.28. The first-order valence-corrected chi connectivity index (χ1v) is 8.87. The fraction of sp³-hybridized carbons (Fsp3) is 0.750. The third kappa shape index (κ3) is 7.01. The van der Waals surface area contributed by atoms with Gasteiger partial charge in [-0.05, 0) is 38.5 Å². The van der Waals surface area contributed by atoms with Gasteiger partial charge in [0.1, 0.15) is 0 Å². The molecule has 0 fully saturated rings. The minimum atomic E-state index is -0.443. The summed E-state index contributed by atoms with van der Waals surface area (Å²) in [6.45, 7) is 0.701. The van der Waals surface area contributed by atoms with E-state index in [4.69, 9.17) is 32.7 Å². The Kier molecular flexibility index (Phi) is 10.3. The quantitative estimate of drug-likeness (QED) is 0.261. The summed E-state index contributed by atoms with van der Waals surface area (Å²) in [6, 6.07) is 0. The average Bonchev–Trinajstić information content (AvgIpc) is 2.55. The van der Waals surface area contributed by atoms with Gasteiger partial charge in [-0.3, -0.25) is 9.59 Å². The van der Waals surface area contributed by atoms with Gasteiger partial charge < -0.3 is 9.47 Å². The minimum absolute atomic E-state index is 0.318. The molecule has 0 aromatic rings. The van der Waals surface area contributed by atoms with Crippen LogP contribution in [0.25, 0.3) is 0 Å². The SMILES string of the molecule is O=C(OCCCCCl)C1CC=CCC1C(=O)OCCCCCl. The van der Waals surface area contributed by atoms with Crippen molar-refractivity contribution in [3.05, 3.63) is 12.2 Å². The second-order valence-corrected chi connectivity index (χ2v) is 6.04. The molecule has 4 nitrogen and oxygen atoms in total. The molecule has 0 aliphatic heterocycles. The molecule has 0 bridgehead atoms. The van der Waals surface area contributed by atoms with E-state index in [1.165, 1.54) is 0 Å². The fourth-order valence-corrected chi connectivity index (χ4v) is 2.67. The van der Waals surface area contributed by atoms with E-state index in [1.807, 2.05) is 12.2 Å². The van der Waals surface area contributed by atoms with Crippen molar-refractivity contribution in [1.82, 2.24) is 0 Å². The number of unbranched alkanes of at least 4 members (excludes halogenated alkanes) is 2. The van der Waals surface area contributed by atoms with E-state index in [2.05, 4.69) is 0 Å². The van der Waals surface area contributed by atoms with Crippen LogP contribution < -0.4 is 0 Å². The number of alkyl halides is 2. The number of rotatable bonds is 10. The van der Waals surface area contributed by atoms with Crippen molar-refractivity contribution in [2.45, 2.75) is 38.5 Å². The molecule has 126 valence electrons. The standard InChI is InChI=1S/C16H24Cl2O4/c17-9-3-5-11-21-15(19)13-7-1-2-8-14(13)16(20)22-12-6-4-10-18/h1-2,13-14H,3-12H2. The zero-order valence-electron chi connectivity index (χ0n) is 12.8. The zero-order valence-corrected chi connectivity index (χ0v) is 14.3. The molecule has 1 rings (SSSR count). The predicted molar refractivity (Wildman–Crippen MR) is 87.2 cm³/mol. The van der Waals surface area contributed by atoms with Crippen LogP contribution >= 0.6 is 23.2 Å². The molecule has 2 unspecified atom stereocenters. The summed E-state index contributed by atoms with van der Waals surface area (Å²) in [6.07, 6.45) is 7.99. The highest BCUT2D eigenvalue weighted by Crippen LogP contribution is 2.28. The lowest BCUT2D eigenvalue weighted by Gasteiger charge is -2.25. The zero-order chi connectivity index (χ0) is 16.2. The third-order valence-corrected chi connectivity index (χ3v) is 4.12. The third-order valence-electron chi connectivity index (χ3n) is 3.58. The first-order chi connectivity index (χ1) is 10.7. The Hall–Kier alpha value is -0.740. The van der Waals surface area contributed by atoms with E-state index in [0.717, 1.165) is 25.7 Å². The van der Waals surface area contributed by atoms with E-state index in [0.29, 0.717) is 37.8 Å². The van der Waals surface area contributed by atoms with E-state index in [-0.39, 0.29) is 11.9 Å². The van der Waals surface area contributed by atoms with Gasteiger partial charge in [0.05, 0.1) is 25.0 Å². The summed E-state index contributed by atoms with van der Waals surface area (Å²) in [5, 5.41) is 0. The van der Waals surface area contributed by atoms with Gasteiger partial charge in [-0.1, -0.05) is 12.2 Å². The summed E-state index contributed by atoms with van der Waals surface area (Å²) < 4.78 is 10.5. The molecule has 2 atom stereocenters. The second kappa shape index (κ2) is 11.8. The van der Waals surface area contributed by atoms with Crippen LogP contribution in [-0.4, -0.2) is 36.9 Å². The highest BCUT2D eigenvalue weighted by Gasteiger charge is 2.36. The summed E-state index contributed by atoms with van der Waals surface area (Å²) in [4.78, 5) is 24.3. The van der Waals surface area contributed by atoms with Crippen molar-refractivity contribution in [3.63, 3.8) is 0 Å². The van der Waals surface area contributed by atoms with Crippen LogP contribution in [0.1, 0.15) is 38.5 Å². The van der Waals surface area contributed by atoms with Gasteiger partial charge >= 0.3 is 11.9 Å². The van der Waals surface area contributed by atoms with Gasteiger partial charge in [0.25, 0.3) is 0 Å². The molecule has 1 aliphatic carbocycles. The molecule has 22 heavy (non-hydrogen) atoms. The number of hydrogen-bond donors (Lipinski definition) is 0. The minimum Gasteiger partial charge on any atom is -0.465 e. The molecule has 6 heteroatoms. The lowest BCUT2D eigenvalue weighted by Crippen LogP contribution is -2.34.